The molecule has 0 unspecified atom stereocenters. The summed E-state index contributed by atoms with van der Waals surface area (Å²) in [4.78, 5) is 19.6. The number of hydrogen-bond donors (Lipinski definition) is 2. The van der Waals surface area contributed by atoms with Crippen molar-refractivity contribution in [1.82, 2.24) is 20.2 Å². The van der Waals surface area contributed by atoms with Gasteiger partial charge in [-0.3, -0.25) is 4.79 Å². The van der Waals surface area contributed by atoms with Gasteiger partial charge in [-0.2, -0.15) is 0 Å². The Bertz CT molecular complexity index is 903. The predicted octanol–water partition coefficient (Wildman–Crippen LogP) is 3.44. The second-order valence-electron chi connectivity index (χ2n) is 5.92. The predicted molar refractivity (Wildman–Crippen MR) is 99.9 cm³/mol. The Balaban J connectivity index is 1.72. The number of aromatic amines is 1. The molecule has 6 nitrogen and oxygen atoms in total. The summed E-state index contributed by atoms with van der Waals surface area (Å²) < 4.78 is 0.855. The lowest BCUT2D eigenvalue weighted by Gasteiger charge is -2.04. The number of anilines is 1. The SMILES string of the molecule is Cc1cccc2c(=O)[nH]c(CSc3nnc(NCC(C)C)s3)nc12. The van der Waals surface area contributed by atoms with Crippen molar-refractivity contribution < 1.29 is 0 Å². The topological polar surface area (TPSA) is 83.6 Å². The summed E-state index contributed by atoms with van der Waals surface area (Å²) in [5, 5.41) is 13.0. The molecule has 2 aromatic heterocycles. The first-order valence-corrected chi connectivity index (χ1v) is 9.52. The molecule has 0 bridgehead atoms. The molecular weight excluding hydrogens is 342 g/mol. The first-order chi connectivity index (χ1) is 11.5. The Kier molecular flexibility index (Phi) is 5.15. The highest BCUT2D eigenvalue weighted by molar-refractivity contribution is 8.00. The Morgan fingerprint density at radius 1 is 1.33 bits per heavy atom. The van der Waals surface area contributed by atoms with Crippen LogP contribution in [0, 0.1) is 12.8 Å². The number of para-hydroxylation sites is 1. The fourth-order valence-corrected chi connectivity index (χ4v) is 3.81. The van der Waals surface area contributed by atoms with Crippen molar-refractivity contribution >= 4 is 39.1 Å². The van der Waals surface area contributed by atoms with Crippen LogP contribution < -0.4 is 10.9 Å². The highest BCUT2D eigenvalue weighted by atomic mass is 32.2. The summed E-state index contributed by atoms with van der Waals surface area (Å²) in [6.45, 7) is 7.13. The van der Waals surface area contributed by atoms with Gasteiger partial charge in [0.25, 0.3) is 5.56 Å². The number of aromatic nitrogens is 4. The molecule has 3 rings (SSSR count). The van der Waals surface area contributed by atoms with Crippen molar-refractivity contribution in [1.29, 1.82) is 0 Å². The summed E-state index contributed by atoms with van der Waals surface area (Å²) in [5.74, 6) is 1.76. The largest absolute Gasteiger partial charge is 0.360 e. The van der Waals surface area contributed by atoms with Crippen LogP contribution in [-0.4, -0.2) is 26.7 Å². The van der Waals surface area contributed by atoms with E-state index in [0.717, 1.165) is 27.1 Å². The average molecular weight is 361 g/mol. The van der Waals surface area contributed by atoms with Gasteiger partial charge in [-0.25, -0.2) is 4.98 Å². The molecule has 0 saturated carbocycles. The van der Waals surface area contributed by atoms with Gasteiger partial charge in [-0.1, -0.05) is 49.1 Å². The molecule has 0 spiro atoms. The second kappa shape index (κ2) is 7.31. The van der Waals surface area contributed by atoms with Gasteiger partial charge in [0.15, 0.2) is 4.34 Å². The quantitative estimate of drug-likeness (QED) is 0.654. The zero-order valence-corrected chi connectivity index (χ0v) is 15.4. The van der Waals surface area contributed by atoms with Crippen LogP contribution in [-0.2, 0) is 5.75 Å². The van der Waals surface area contributed by atoms with Gasteiger partial charge in [0.05, 0.1) is 16.7 Å². The number of hydrogen-bond acceptors (Lipinski definition) is 7. The van der Waals surface area contributed by atoms with Crippen molar-refractivity contribution in [3.8, 4) is 0 Å². The van der Waals surface area contributed by atoms with E-state index in [4.69, 9.17) is 0 Å². The Hall–Kier alpha value is -1.93. The van der Waals surface area contributed by atoms with E-state index in [-0.39, 0.29) is 5.56 Å². The summed E-state index contributed by atoms with van der Waals surface area (Å²) in [5.41, 5.74) is 1.66. The number of H-pyrrole nitrogens is 1. The van der Waals surface area contributed by atoms with E-state index in [9.17, 15) is 4.79 Å². The highest BCUT2D eigenvalue weighted by Gasteiger charge is 2.09. The van der Waals surface area contributed by atoms with E-state index in [1.807, 2.05) is 19.1 Å². The van der Waals surface area contributed by atoms with Crippen molar-refractivity contribution in [2.45, 2.75) is 30.9 Å². The number of benzene rings is 1. The fourth-order valence-electron chi connectivity index (χ4n) is 2.18. The van der Waals surface area contributed by atoms with Crippen LogP contribution in [0.25, 0.3) is 10.9 Å². The third kappa shape index (κ3) is 3.93. The minimum atomic E-state index is -0.101. The van der Waals surface area contributed by atoms with E-state index >= 15 is 0 Å². The molecule has 126 valence electrons. The molecular formula is C16H19N5OS2. The van der Waals surface area contributed by atoms with Crippen LogP contribution in [0.15, 0.2) is 27.3 Å². The minimum Gasteiger partial charge on any atom is -0.360 e. The molecule has 2 heterocycles. The van der Waals surface area contributed by atoms with Crippen LogP contribution in [0.2, 0.25) is 0 Å². The highest BCUT2D eigenvalue weighted by Crippen LogP contribution is 2.27. The Labute approximate surface area is 148 Å². The van der Waals surface area contributed by atoms with Crippen LogP contribution in [0.3, 0.4) is 0 Å². The smallest absolute Gasteiger partial charge is 0.258 e. The number of nitrogens with zero attached hydrogens (tertiary/aromatic N) is 3. The third-order valence-electron chi connectivity index (χ3n) is 3.39. The maximum atomic E-state index is 12.2. The molecule has 0 amide bonds. The van der Waals surface area contributed by atoms with Crippen LogP contribution >= 0.6 is 23.1 Å². The number of fused-ring (bicyclic) bond motifs is 1. The third-order valence-corrected chi connectivity index (χ3v) is 5.41. The second-order valence-corrected chi connectivity index (χ2v) is 8.12. The summed E-state index contributed by atoms with van der Waals surface area (Å²) in [6, 6.07) is 5.63. The zero-order valence-electron chi connectivity index (χ0n) is 13.8. The minimum absolute atomic E-state index is 0.101. The van der Waals surface area contributed by atoms with E-state index in [1.165, 1.54) is 23.1 Å². The lowest BCUT2D eigenvalue weighted by atomic mass is 10.1. The molecule has 0 aliphatic rings. The maximum Gasteiger partial charge on any atom is 0.258 e. The van der Waals surface area contributed by atoms with Crippen molar-refractivity contribution in [2.24, 2.45) is 5.92 Å². The van der Waals surface area contributed by atoms with Crippen molar-refractivity contribution in [3.63, 3.8) is 0 Å². The van der Waals surface area contributed by atoms with Crippen molar-refractivity contribution in [2.75, 3.05) is 11.9 Å². The zero-order chi connectivity index (χ0) is 17.1. The number of rotatable bonds is 6. The molecule has 0 aliphatic carbocycles. The summed E-state index contributed by atoms with van der Waals surface area (Å²) in [7, 11) is 0. The normalized spacial score (nSPS) is 11.3. The van der Waals surface area contributed by atoms with Gasteiger partial charge in [-0.05, 0) is 24.5 Å². The summed E-state index contributed by atoms with van der Waals surface area (Å²) >= 11 is 3.04. The lowest BCUT2D eigenvalue weighted by Crippen LogP contribution is -2.11. The van der Waals surface area contributed by atoms with E-state index in [0.29, 0.717) is 22.9 Å². The molecule has 8 heteroatoms. The monoisotopic (exact) mass is 361 g/mol. The first kappa shape index (κ1) is 16.9. The van der Waals surface area contributed by atoms with Gasteiger partial charge in [0.1, 0.15) is 5.82 Å². The lowest BCUT2D eigenvalue weighted by molar-refractivity contribution is 0.687. The number of aryl methyl sites for hydroxylation is 1. The Morgan fingerprint density at radius 2 is 2.17 bits per heavy atom. The van der Waals surface area contributed by atoms with Gasteiger partial charge in [-0.15, -0.1) is 10.2 Å². The first-order valence-electron chi connectivity index (χ1n) is 7.71. The maximum absolute atomic E-state index is 12.2. The molecule has 1 aromatic carbocycles. The molecule has 0 saturated heterocycles. The van der Waals surface area contributed by atoms with Crippen LogP contribution in [0.4, 0.5) is 5.13 Å². The molecule has 3 aromatic rings. The van der Waals surface area contributed by atoms with Crippen LogP contribution in [0.1, 0.15) is 25.2 Å². The van der Waals surface area contributed by atoms with Gasteiger partial charge >= 0.3 is 0 Å². The van der Waals surface area contributed by atoms with E-state index in [2.05, 4.69) is 39.3 Å². The van der Waals surface area contributed by atoms with Gasteiger partial charge < -0.3 is 10.3 Å². The average Bonchev–Trinajstić information content (AvgIpc) is 3.00. The van der Waals surface area contributed by atoms with Gasteiger partial charge in [0, 0.05) is 6.54 Å². The fraction of sp³-hybridized carbons (Fsp3) is 0.375. The molecule has 0 radical (unpaired) electrons. The number of thioether (sulfide) groups is 1. The van der Waals surface area contributed by atoms with Gasteiger partial charge in [0.2, 0.25) is 5.13 Å². The molecule has 0 fully saturated rings. The summed E-state index contributed by atoms with van der Waals surface area (Å²) in [6.07, 6.45) is 0. The van der Waals surface area contributed by atoms with Crippen molar-refractivity contribution in [3.05, 3.63) is 39.9 Å². The molecule has 2 N–H and O–H groups in total. The van der Waals surface area contributed by atoms with E-state index in [1.54, 1.807) is 6.07 Å². The standard InChI is InChI=1S/C16H19N5OS2/c1-9(2)7-17-15-20-21-16(24-15)23-8-12-18-13-10(3)5-4-6-11(13)14(22)19-12/h4-6,9H,7-8H2,1-3H3,(H,17,20)(H,18,19,22). The number of nitrogens with one attached hydrogen (secondary N) is 2. The van der Waals surface area contributed by atoms with Crippen LogP contribution in [0.5, 0.6) is 0 Å². The molecule has 0 atom stereocenters. The molecule has 24 heavy (non-hydrogen) atoms. The molecule has 0 aliphatic heterocycles. The van der Waals surface area contributed by atoms with E-state index < -0.39 is 0 Å². The Morgan fingerprint density at radius 3 is 2.96 bits per heavy atom.